The summed E-state index contributed by atoms with van der Waals surface area (Å²) in [7, 11) is 0. The van der Waals surface area contributed by atoms with Crippen LogP contribution in [0.1, 0.15) is 12.8 Å². The van der Waals surface area contributed by atoms with Gasteiger partial charge in [-0.15, -0.1) is 0 Å². The Kier molecular flexibility index (Phi) is 2.39. The Morgan fingerprint density at radius 3 is 2.00 bits per heavy atom. The first kappa shape index (κ1) is 12.7. The number of aliphatic hydroxyl groups is 3. The van der Waals surface area contributed by atoms with E-state index < -0.39 is 48.2 Å². The van der Waals surface area contributed by atoms with Crippen LogP contribution in [0.4, 0.5) is 0 Å². The summed E-state index contributed by atoms with van der Waals surface area (Å²) in [5, 5.41) is 28.9. The Hall–Kier alpha value is -1.75. The maximum Gasteiger partial charge on any atom is 0.460 e. The minimum Gasteiger partial charge on any atom is -0.409 e. The molecule has 2 aliphatic heterocycles. The average molecular weight is 263 g/mol. The van der Waals surface area contributed by atoms with Crippen molar-refractivity contribution < 1.29 is 43.9 Å². The van der Waals surface area contributed by atoms with Crippen molar-refractivity contribution in [3.8, 4) is 0 Å². The van der Waals surface area contributed by atoms with Crippen LogP contribution in [0.2, 0.25) is 0 Å². The predicted molar refractivity (Wildman–Crippen MR) is 46.5 cm³/mol. The van der Waals surface area contributed by atoms with Gasteiger partial charge < -0.3 is 29.5 Å². The Bertz CT molecular complexity index is 444. The molecule has 0 spiro atoms. The summed E-state index contributed by atoms with van der Waals surface area (Å²) >= 11 is 0. The SMILES string of the molecule is NC1(O)OC(=O)CC2(O)CC(=O)OC1(O)OC2=O. The van der Waals surface area contributed by atoms with Gasteiger partial charge >= 0.3 is 29.8 Å². The molecule has 0 aliphatic carbocycles. The van der Waals surface area contributed by atoms with Gasteiger partial charge in [-0.3, -0.25) is 15.3 Å². The smallest absolute Gasteiger partial charge is 0.409 e. The van der Waals surface area contributed by atoms with Gasteiger partial charge in [-0.25, -0.2) is 4.79 Å². The van der Waals surface area contributed by atoms with E-state index in [1.165, 1.54) is 0 Å². The van der Waals surface area contributed by atoms with E-state index in [1.54, 1.807) is 0 Å². The number of hydrogen-bond donors (Lipinski definition) is 4. The van der Waals surface area contributed by atoms with Crippen LogP contribution < -0.4 is 5.73 Å². The van der Waals surface area contributed by atoms with E-state index in [1.807, 2.05) is 0 Å². The van der Waals surface area contributed by atoms with Crippen molar-refractivity contribution >= 4 is 17.9 Å². The van der Waals surface area contributed by atoms with Gasteiger partial charge in [0.1, 0.15) is 0 Å². The fraction of sp³-hybridized carbons (Fsp3) is 0.625. The van der Waals surface area contributed by atoms with Gasteiger partial charge in [0.2, 0.25) is 0 Å². The predicted octanol–water partition coefficient (Wildman–Crippen LogP) is -3.59. The molecule has 18 heavy (non-hydrogen) atoms. The summed E-state index contributed by atoms with van der Waals surface area (Å²) in [5.74, 6) is -10.9. The van der Waals surface area contributed by atoms with Crippen LogP contribution in [0.3, 0.4) is 0 Å². The molecule has 2 rings (SSSR count). The molecule has 2 fully saturated rings. The number of fused-ring (bicyclic) bond motifs is 3. The molecule has 5 N–H and O–H groups in total. The molecule has 2 heterocycles. The zero-order valence-corrected chi connectivity index (χ0v) is 8.78. The normalized spacial score (nSPS) is 44.3. The van der Waals surface area contributed by atoms with E-state index in [2.05, 4.69) is 14.2 Å². The second kappa shape index (κ2) is 3.38. The molecule has 2 bridgehead atoms. The number of esters is 3. The van der Waals surface area contributed by atoms with Crippen LogP contribution in [0, 0.1) is 0 Å². The maximum atomic E-state index is 11.5. The quantitative estimate of drug-likeness (QED) is 0.253. The highest BCUT2D eigenvalue weighted by Crippen LogP contribution is 2.35. The second-order valence-electron chi connectivity index (χ2n) is 4.00. The topological polar surface area (TPSA) is 166 Å². The lowest BCUT2D eigenvalue weighted by Gasteiger charge is -2.37. The molecular weight excluding hydrogens is 254 g/mol. The lowest BCUT2D eigenvalue weighted by atomic mass is 9.96. The summed E-state index contributed by atoms with van der Waals surface area (Å²) in [4.78, 5) is 34.1. The third-order valence-electron chi connectivity index (χ3n) is 2.46. The number of nitrogens with two attached hydrogens (primary N) is 1. The van der Waals surface area contributed by atoms with E-state index in [-0.39, 0.29) is 0 Å². The molecule has 10 nitrogen and oxygen atoms in total. The van der Waals surface area contributed by atoms with Crippen molar-refractivity contribution in [1.82, 2.24) is 0 Å². The van der Waals surface area contributed by atoms with Crippen molar-refractivity contribution in [2.45, 2.75) is 30.3 Å². The van der Waals surface area contributed by atoms with Gasteiger partial charge in [-0.05, 0) is 0 Å². The average Bonchev–Trinajstić information content (AvgIpc) is 2.18. The van der Waals surface area contributed by atoms with Crippen LogP contribution in [-0.4, -0.2) is 50.7 Å². The van der Waals surface area contributed by atoms with Gasteiger partial charge in [0.15, 0.2) is 5.60 Å². The van der Waals surface area contributed by atoms with Crippen LogP contribution >= 0.6 is 0 Å². The van der Waals surface area contributed by atoms with Gasteiger partial charge in [-0.2, -0.15) is 0 Å². The van der Waals surface area contributed by atoms with E-state index in [0.717, 1.165) is 0 Å². The monoisotopic (exact) mass is 263 g/mol. The van der Waals surface area contributed by atoms with Crippen LogP contribution in [-0.2, 0) is 28.6 Å². The minimum atomic E-state index is -3.43. The van der Waals surface area contributed by atoms with Gasteiger partial charge in [0, 0.05) is 0 Å². The molecule has 0 radical (unpaired) electrons. The largest absolute Gasteiger partial charge is 0.460 e. The lowest BCUT2D eigenvalue weighted by Crippen LogP contribution is -2.68. The Morgan fingerprint density at radius 1 is 0.944 bits per heavy atom. The number of rotatable bonds is 0. The molecule has 10 heteroatoms. The lowest BCUT2D eigenvalue weighted by molar-refractivity contribution is -0.442. The third kappa shape index (κ3) is 1.71. The summed E-state index contributed by atoms with van der Waals surface area (Å²) < 4.78 is 12.6. The Morgan fingerprint density at radius 2 is 1.44 bits per heavy atom. The number of carbonyl (C=O) groups excluding carboxylic acids is 3. The number of carbonyl (C=O) groups is 3. The molecule has 0 aromatic carbocycles. The van der Waals surface area contributed by atoms with Crippen LogP contribution in [0.15, 0.2) is 0 Å². The van der Waals surface area contributed by atoms with Crippen molar-refractivity contribution in [2.75, 3.05) is 0 Å². The minimum absolute atomic E-state index is 0.959. The molecule has 2 aliphatic rings. The fourth-order valence-corrected chi connectivity index (χ4v) is 1.54. The first-order valence-corrected chi connectivity index (χ1v) is 4.71. The van der Waals surface area contributed by atoms with E-state index >= 15 is 0 Å². The second-order valence-corrected chi connectivity index (χ2v) is 4.00. The molecule has 3 unspecified atom stereocenters. The highest BCUT2D eigenvalue weighted by Gasteiger charge is 2.66. The van der Waals surface area contributed by atoms with Crippen LogP contribution in [0.5, 0.6) is 0 Å². The Balaban J connectivity index is 2.56. The molecule has 3 atom stereocenters. The molecule has 0 aromatic heterocycles. The number of cyclic esters (lactones) is 1. The molecular formula is C8H9NO9. The summed E-state index contributed by atoms with van der Waals surface area (Å²) in [5.41, 5.74) is 2.47. The summed E-state index contributed by atoms with van der Waals surface area (Å²) in [6, 6.07) is 0. The van der Waals surface area contributed by atoms with Crippen molar-refractivity contribution in [1.29, 1.82) is 0 Å². The van der Waals surface area contributed by atoms with E-state index in [0.29, 0.717) is 0 Å². The fourth-order valence-electron chi connectivity index (χ4n) is 1.54. The Labute approximate surface area is 98.8 Å². The third-order valence-corrected chi connectivity index (χ3v) is 2.46. The molecule has 0 aromatic rings. The highest BCUT2D eigenvalue weighted by atomic mass is 16.9. The molecule has 100 valence electrons. The summed E-state index contributed by atoms with van der Waals surface area (Å²) in [6.07, 6.45) is -1.95. The van der Waals surface area contributed by atoms with Crippen molar-refractivity contribution in [2.24, 2.45) is 5.73 Å². The standard InChI is InChI=1S/C8H9NO9/c9-7(14)8(15)17-4(11)2-6(13,5(12)18-8)1-3(10)16-7/h13-15H,1-2,9H2. The first-order chi connectivity index (χ1) is 8.08. The van der Waals surface area contributed by atoms with Gasteiger partial charge in [0.25, 0.3) is 0 Å². The first-order valence-electron chi connectivity index (χ1n) is 4.71. The number of ether oxygens (including phenoxy) is 3. The molecule has 0 saturated carbocycles. The van der Waals surface area contributed by atoms with Gasteiger partial charge in [-0.1, -0.05) is 0 Å². The van der Waals surface area contributed by atoms with E-state index in [9.17, 15) is 29.7 Å². The zero-order chi connectivity index (χ0) is 13.8. The van der Waals surface area contributed by atoms with Crippen LogP contribution in [0.25, 0.3) is 0 Å². The molecule has 2 saturated heterocycles. The van der Waals surface area contributed by atoms with Crippen molar-refractivity contribution in [3.63, 3.8) is 0 Å². The van der Waals surface area contributed by atoms with Gasteiger partial charge in [0.05, 0.1) is 12.8 Å². The number of hydrogen-bond acceptors (Lipinski definition) is 10. The highest BCUT2D eigenvalue weighted by molar-refractivity contribution is 5.92. The maximum absolute atomic E-state index is 11.5. The summed E-state index contributed by atoms with van der Waals surface area (Å²) in [6.45, 7) is 0. The molecule has 0 amide bonds. The van der Waals surface area contributed by atoms with E-state index in [4.69, 9.17) is 5.73 Å². The zero-order valence-electron chi connectivity index (χ0n) is 8.78. The van der Waals surface area contributed by atoms with Crippen molar-refractivity contribution in [3.05, 3.63) is 0 Å².